The first-order chi connectivity index (χ1) is 5.76. The number of nitrogens with two attached hydrogens (primary N) is 1. The molecule has 3 N–H and O–H groups in total. The minimum atomic E-state index is -3.15. The molecule has 1 rings (SSSR count). The second-order valence-electron chi connectivity index (χ2n) is 3.66. The van der Waals surface area contributed by atoms with E-state index in [1.807, 2.05) is 0 Å². The predicted octanol–water partition coefficient (Wildman–Crippen LogP) is -0.634. The first-order valence-corrected chi connectivity index (χ1v) is 5.92. The van der Waals surface area contributed by atoms with Crippen LogP contribution in [0.4, 0.5) is 0 Å². The number of carboxylic acids is 1. The fourth-order valence-electron chi connectivity index (χ4n) is 1.59. The zero-order chi connectivity index (χ0) is 10.3. The van der Waals surface area contributed by atoms with Gasteiger partial charge in [0.2, 0.25) is 0 Å². The van der Waals surface area contributed by atoms with Gasteiger partial charge >= 0.3 is 5.97 Å². The van der Waals surface area contributed by atoms with Crippen molar-refractivity contribution >= 4 is 15.8 Å². The molecule has 0 heterocycles. The molecular formula is C7H13NO4S. The van der Waals surface area contributed by atoms with Crippen LogP contribution >= 0.6 is 0 Å². The quantitative estimate of drug-likeness (QED) is 0.628. The Morgan fingerprint density at radius 3 is 2.38 bits per heavy atom. The molecule has 0 saturated heterocycles. The van der Waals surface area contributed by atoms with Gasteiger partial charge in [0.15, 0.2) is 0 Å². The number of carboxylic acid groups (broad SMARTS) is 1. The van der Waals surface area contributed by atoms with E-state index in [1.165, 1.54) is 0 Å². The summed E-state index contributed by atoms with van der Waals surface area (Å²) in [6, 6.07) is 0. The molecule has 5 nitrogen and oxygen atoms in total. The topological polar surface area (TPSA) is 97.5 Å². The second kappa shape index (κ2) is 2.95. The van der Waals surface area contributed by atoms with Crippen LogP contribution in [0.5, 0.6) is 0 Å². The van der Waals surface area contributed by atoms with Crippen LogP contribution in [-0.4, -0.2) is 36.5 Å². The highest BCUT2D eigenvalue weighted by atomic mass is 32.2. The lowest BCUT2D eigenvalue weighted by Gasteiger charge is -2.17. The van der Waals surface area contributed by atoms with Crippen molar-refractivity contribution in [1.29, 1.82) is 0 Å². The van der Waals surface area contributed by atoms with Crippen LogP contribution in [0, 0.1) is 0 Å². The molecule has 1 aliphatic carbocycles. The standard InChI is InChI=1S/C7H13NO4S/c1-13(11,12)5-2-3-7(8,4-5)6(9)10/h5H,2-4,8H2,1H3,(H,9,10). The molecule has 0 aromatic heterocycles. The molecule has 0 aromatic carbocycles. The minimum absolute atomic E-state index is 0.0289. The summed E-state index contributed by atoms with van der Waals surface area (Å²) in [5, 5.41) is 8.15. The largest absolute Gasteiger partial charge is 0.480 e. The van der Waals surface area contributed by atoms with Gasteiger partial charge in [0.1, 0.15) is 15.4 Å². The summed E-state index contributed by atoms with van der Waals surface area (Å²) >= 11 is 0. The Kier molecular flexibility index (Phi) is 2.38. The molecule has 2 unspecified atom stereocenters. The van der Waals surface area contributed by atoms with E-state index in [-0.39, 0.29) is 12.8 Å². The summed E-state index contributed by atoms with van der Waals surface area (Å²) in [4.78, 5) is 10.7. The van der Waals surface area contributed by atoms with E-state index in [0.717, 1.165) is 6.26 Å². The smallest absolute Gasteiger partial charge is 0.323 e. The number of carbonyl (C=O) groups is 1. The minimum Gasteiger partial charge on any atom is -0.480 e. The Bertz CT molecular complexity index is 323. The van der Waals surface area contributed by atoms with E-state index < -0.39 is 26.6 Å². The summed E-state index contributed by atoms with van der Waals surface area (Å²) in [5.74, 6) is -1.11. The van der Waals surface area contributed by atoms with Gasteiger partial charge in [-0.15, -0.1) is 0 Å². The lowest BCUT2D eigenvalue weighted by Crippen LogP contribution is -2.46. The van der Waals surface area contributed by atoms with E-state index >= 15 is 0 Å². The zero-order valence-electron chi connectivity index (χ0n) is 7.36. The number of aliphatic carboxylic acids is 1. The summed E-state index contributed by atoms with van der Waals surface area (Å²) in [5.41, 5.74) is 4.19. The van der Waals surface area contributed by atoms with Crippen LogP contribution in [0.25, 0.3) is 0 Å². The Hall–Kier alpha value is -0.620. The fourth-order valence-corrected chi connectivity index (χ4v) is 2.73. The predicted molar refractivity (Wildman–Crippen MR) is 47.0 cm³/mol. The molecule has 1 aliphatic rings. The van der Waals surface area contributed by atoms with Gasteiger partial charge in [-0.05, 0) is 19.3 Å². The normalized spacial score (nSPS) is 34.8. The van der Waals surface area contributed by atoms with Crippen molar-refractivity contribution < 1.29 is 18.3 Å². The highest BCUT2D eigenvalue weighted by molar-refractivity contribution is 7.91. The maximum absolute atomic E-state index is 11.1. The van der Waals surface area contributed by atoms with Crippen LogP contribution < -0.4 is 5.73 Å². The van der Waals surface area contributed by atoms with Crippen LogP contribution in [-0.2, 0) is 14.6 Å². The van der Waals surface area contributed by atoms with Crippen LogP contribution in [0.15, 0.2) is 0 Å². The molecule has 0 bridgehead atoms. The van der Waals surface area contributed by atoms with E-state index in [4.69, 9.17) is 10.8 Å². The molecule has 0 radical (unpaired) electrons. The third-order valence-corrected chi connectivity index (χ3v) is 4.15. The van der Waals surface area contributed by atoms with Crippen molar-refractivity contribution in [3.63, 3.8) is 0 Å². The fraction of sp³-hybridized carbons (Fsp3) is 0.857. The number of hydrogen-bond donors (Lipinski definition) is 2. The lowest BCUT2D eigenvalue weighted by atomic mass is 10.0. The average Bonchev–Trinajstić information content (AvgIpc) is 2.31. The molecule has 0 spiro atoms. The monoisotopic (exact) mass is 207 g/mol. The van der Waals surface area contributed by atoms with Gasteiger partial charge in [0.05, 0.1) is 5.25 Å². The van der Waals surface area contributed by atoms with Crippen molar-refractivity contribution in [3.05, 3.63) is 0 Å². The van der Waals surface area contributed by atoms with Crippen LogP contribution in [0.2, 0.25) is 0 Å². The summed E-state index contributed by atoms with van der Waals surface area (Å²) in [7, 11) is -3.15. The van der Waals surface area contributed by atoms with Crippen LogP contribution in [0.3, 0.4) is 0 Å². The molecule has 76 valence electrons. The van der Waals surface area contributed by atoms with E-state index in [2.05, 4.69) is 0 Å². The van der Waals surface area contributed by atoms with Crippen LogP contribution in [0.1, 0.15) is 19.3 Å². The number of hydrogen-bond acceptors (Lipinski definition) is 4. The van der Waals surface area contributed by atoms with Gasteiger partial charge in [-0.3, -0.25) is 4.79 Å². The molecule has 0 aliphatic heterocycles. The summed E-state index contributed by atoms with van der Waals surface area (Å²) < 4.78 is 22.2. The van der Waals surface area contributed by atoms with Gasteiger partial charge in [0.25, 0.3) is 0 Å². The van der Waals surface area contributed by atoms with Gasteiger partial charge in [0, 0.05) is 6.26 Å². The summed E-state index contributed by atoms with van der Waals surface area (Å²) in [6.45, 7) is 0. The molecule has 13 heavy (non-hydrogen) atoms. The maximum Gasteiger partial charge on any atom is 0.323 e. The van der Waals surface area contributed by atoms with Gasteiger partial charge in [-0.1, -0.05) is 0 Å². The Morgan fingerprint density at radius 1 is 1.62 bits per heavy atom. The average molecular weight is 207 g/mol. The zero-order valence-corrected chi connectivity index (χ0v) is 8.17. The maximum atomic E-state index is 11.1. The van der Waals surface area contributed by atoms with E-state index in [1.54, 1.807) is 0 Å². The van der Waals surface area contributed by atoms with Crippen molar-refractivity contribution in [2.75, 3.05) is 6.26 Å². The van der Waals surface area contributed by atoms with Gasteiger partial charge in [-0.2, -0.15) is 0 Å². The molecule has 0 aromatic rings. The highest BCUT2D eigenvalue weighted by Gasteiger charge is 2.45. The second-order valence-corrected chi connectivity index (χ2v) is 5.98. The van der Waals surface area contributed by atoms with Crippen molar-refractivity contribution in [2.45, 2.75) is 30.1 Å². The first-order valence-electron chi connectivity index (χ1n) is 3.97. The SMILES string of the molecule is CS(=O)(=O)C1CCC(N)(C(=O)O)C1. The molecule has 1 fully saturated rings. The van der Waals surface area contributed by atoms with Gasteiger partial charge in [-0.25, -0.2) is 8.42 Å². The van der Waals surface area contributed by atoms with Crippen molar-refractivity contribution in [2.24, 2.45) is 5.73 Å². The molecule has 0 amide bonds. The molecule has 1 saturated carbocycles. The van der Waals surface area contributed by atoms with Gasteiger partial charge < -0.3 is 10.8 Å². The number of sulfone groups is 1. The van der Waals surface area contributed by atoms with E-state index in [0.29, 0.717) is 6.42 Å². The van der Waals surface area contributed by atoms with Crippen molar-refractivity contribution in [1.82, 2.24) is 0 Å². The number of rotatable bonds is 2. The molecule has 6 heteroatoms. The third-order valence-electron chi connectivity index (χ3n) is 2.54. The first kappa shape index (κ1) is 10.5. The third kappa shape index (κ3) is 2.00. The van der Waals surface area contributed by atoms with Crippen molar-refractivity contribution in [3.8, 4) is 0 Å². The lowest BCUT2D eigenvalue weighted by molar-refractivity contribution is -0.143. The highest BCUT2D eigenvalue weighted by Crippen LogP contribution is 2.31. The summed E-state index contributed by atoms with van der Waals surface area (Å²) in [6.07, 6.45) is 1.73. The Labute approximate surface area is 76.8 Å². The molecule has 2 atom stereocenters. The Morgan fingerprint density at radius 2 is 2.15 bits per heavy atom. The molecular weight excluding hydrogens is 194 g/mol. The Balaban J connectivity index is 2.81. The van der Waals surface area contributed by atoms with E-state index in [9.17, 15) is 13.2 Å².